The van der Waals surface area contributed by atoms with Crippen LogP contribution >= 0.6 is 0 Å². The molecule has 142 valence electrons. The van der Waals surface area contributed by atoms with Crippen molar-refractivity contribution in [1.82, 2.24) is 24.0 Å². The summed E-state index contributed by atoms with van der Waals surface area (Å²) in [7, 11) is 3.29. The van der Waals surface area contributed by atoms with Crippen LogP contribution < -0.4 is 11.2 Å². The van der Waals surface area contributed by atoms with Gasteiger partial charge in [-0.25, -0.2) is 14.6 Å². The molecule has 0 aliphatic carbocycles. The quantitative estimate of drug-likeness (QED) is 0.825. The Balaban J connectivity index is 2.09. The van der Waals surface area contributed by atoms with E-state index in [0.717, 1.165) is 19.3 Å². The Morgan fingerprint density at radius 1 is 1.19 bits per heavy atom. The number of rotatable bonds is 1. The van der Waals surface area contributed by atoms with E-state index in [1.165, 1.54) is 4.57 Å². The highest BCUT2D eigenvalue weighted by molar-refractivity contribution is 5.72. The zero-order valence-electron chi connectivity index (χ0n) is 15.8. The molecule has 0 spiro atoms. The lowest BCUT2D eigenvalue weighted by Crippen LogP contribution is -2.42. The van der Waals surface area contributed by atoms with Crippen LogP contribution in [0, 0.1) is 0 Å². The third-order valence-corrected chi connectivity index (χ3v) is 4.60. The Bertz CT molecular complexity index is 962. The number of hydrogen-bond acceptors (Lipinski definition) is 5. The van der Waals surface area contributed by atoms with Crippen LogP contribution in [0.4, 0.5) is 4.79 Å². The summed E-state index contributed by atoms with van der Waals surface area (Å²) in [6.07, 6.45) is 2.17. The average Bonchev–Trinajstić information content (AvgIpc) is 2.89. The first kappa shape index (κ1) is 18.2. The molecule has 0 radical (unpaired) electrons. The van der Waals surface area contributed by atoms with Gasteiger partial charge in [0, 0.05) is 20.6 Å². The van der Waals surface area contributed by atoms with E-state index in [0.29, 0.717) is 23.5 Å². The second-order valence-electron chi connectivity index (χ2n) is 7.70. The van der Waals surface area contributed by atoms with Crippen molar-refractivity contribution in [1.29, 1.82) is 0 Å². The third-order valence-electron chi connectivity index (χ3n) is 4.60. The molecule has 1 aliphatic heterocycles. The fraction of sp³-hybridized carbons (Fsp3) is 0.647. The molecule has 1 saturated heterocycles. The molecule has 0 aromatic carbocycles. The van der Waals surface area contributed by atoms with E-state index in [4.69, 9.17) is 4.74 Å². The van der Waals surface area contributed by atoms with E-state index in [-0.39, 0.29) is 6.04 Å². The number of aryl methyl sites for hydroxylation is 2. The summed E-state index contributed by atoms with van der Waals surface area (Å²) >= 11 is 0. The number of ether oxygens (including phenoxy) is 1. The molecular weight excluding hydrogens is 338 g/mol. The third kappa shape index (κ3) is 3.13. The Labute approximate surface area is 150 Å². The van der Waals surface area contributed by atoms with E-state index in [1.54, 1.807) is 23.6 Å². The molecular formula is C17H25N5O4. The van der Waals surface area contributed by atoms with Crippen LogP contribution in [0.15, 0.2) is 9.59 Å². The van der Waals surface area contributed by atoms with Crippen LogP contribution in [-0.4, -0.2) is 42.2 Å². The second kappa shape index (κ2) is 6.30. The van der Waals surface area contributed by atoms with Gasteiger partial charge in [0.15, 0.2) is 11.2 Å². The number of nitrogens with one attached hydrogen (secondary N) is 1. The largest absolute Gasteiger partial charge is 0.444 e. The summed E-state index contributed by atoms with van der Waals surface area (Å²) in [5, 5.41) is 0. The lowest BCUT2D eigenvalue weighted by Gasteiger charge is -2.36. The first-order chi connectivity index (χ1) is 12.1. The maximum absolute atomic E-state index is 12.7. The molecule has 3 heterocycles. The number of aromatic nitrogens is 4. The Morgan fingerprint density at radius 3 is 2.54 bits per heavy atom. The van der Waals surface area contributed by atoms with Gasteiger partial charge in [0.05, 0.1) is 6.04 Å². The molecule has 1 fully saturated rings. The van der Waals surface area contributed by atoms with Crippen molar-refractivity contribution >= 4 is 17.3 Å². The Morgan fingerprint density at radius 2 is 1.88 bits per heavy atom. The van der Waals surface area contributed by atoms with Gasteiger partial charge in [-0.1, -0.05) is 0 Å². The number of fused-ring (bicyclic) bond motifs is 1. The average molecular weight is 363 g/mol. The number of nitrogens with zero attached hydrogens (tertiary/aromatic N) is 4. The summed E-state index contributed by atoms with van der Waals surface area (Å²) in [4.78, 5) is 45.2. The number of imidazole rings is 1. The van der Waals surface area contributed by atoms with Gasteiger partial charge >= 0.3 is 11.8 Å². The smallest absolute Gasteiger partial charge is 0.410 e. The second-order valence-corrected chi connectivity index (χ2v) is 7.70. The zero-order chi connectivity index (χ0) is 19.2. The van der Waals surface area contributed by atoms with Gasteiger partial charge in [0.25, 0.3) is 5.56 Å². The van der Waals surface area contributed by atoms with E-state index < -0.39 is 22.9 Å². The summed E-state index contributed by atoms with van der Waals surface area (Å²) in [5.74, 6) is 0.581. The number of likely N-dealkylation sites (tertiary alicyclic amines) is 1. The summed E-state index contributed by atoms with van der Waals surface area (Å²) in [6, 6.07) is -0.300. The van der Waals surface area contributed by atoms with Crippen LogP contribution in [0.3, 0.4) is 0 Å². The number of piperidine rings is 1. The predicted molar refractivity (Wildman–Crippen MR) is 96.1 cm³/mol. The minimum atomic E-state index is -0.591. The van der Waals surface area contributed by atoms with Gasteiger partial charge in [0.2, 0.25) is 0 Å². The van der Waals surface area contributed by atoms with Gasteiger partial charge in [-0.2, -0.15) is 0 Å². The van der Waals surface area contributed by atoms with E-state index in [9.17, 15) is 14.4 Å². The van der Waals surface area contributed by atoms with Crippen molar-refractivity contribution in [3.05, 3.63) is 26.7 Å². The lowest BCUT2D eigenvalue weighted by atomic mass is 10.0. The summed E-state index contributed by atoms with van der Waals surface area (Å²) < 4.78 is 8.51. The first-order valence-corrected chi connectivity index (χ1v) is 8.75. The van der Waals surface area contributed by atoms with Gasteiger partial charge in [-0.05, 0) is 40.0 Å². The minimum Gasteiger partial charge on any atom is -0.444 e. The van der Waals surface area contributed by atoms with Crippen LogP contribution in [0.2, 0.25) is 0 Å². The van der Waals surface area contributed by atoms with Crippen molar-refractivity contribution in [3.63, 3.8) is 0 Å². The fourth-order valence-corrected chi connectivity index (χ4v) is 3.36. The van der Waals surface area contributed by atoms with E-state index >= 15 is 0 Å². The van der Waals surface area contributed by atoms with Crippen LogP contribution in [0.25, 0.3) is 11.2 Å². The topological polar surface area (TPSA) is 102 Å². The highest BCUT2D eigenvalue weighted by Gasteiger charge is 2.34. The predicted octanol–water partition coefficient (Wildman–Crippen LogP) is 1.42. The normalized spacial score (nSPS) is 18.3. The SMILES string of the molecule is Cn1c(C2CCCCN2C(=O)OC(C)(C)C)nc2c1c(=O)[nH]c(=O)n2C. The van der Waals surface area contributed by atoms with Crippen LogP contribution in [0.1, 0.15) is 51.9 Å². The summed E-state index contributed by atoms with van der Waals surface area (Å²) in [5.41, 5.74) is -0.960. The lowest BCUT2D eigenvalue weighted by molar-refractivity contribution is 0.00819. The molecule has 1 amide bonds. The molecule has 3 rings (SSSR count). The standard InChI is InChI=1S/C17H25N5O4/c1-17(2,3)26-16(25)22-9-7-6-8-10(22)12-18-13-11(20(12)4)14(23)19-15(24)21(13)5/h10H,6-9H2,1-5H3,(H,19,23,24). The van der Waals surface area contributed by atoms with Crippen molar-refractivity contribution in [3.8, 4) is 0 Å². The Hall–Kier alpha value is -2.58. The number of carbonyl (C=O) groups excluding carboxylic acids is 1. The number of hydrogen-bond donors (Lipinski definition) is 1. The van der Waals surface area contributed by atoms with Gasteiger partial charge < -0.3 is 9.30 Å². The van der Waals surface area contributed by atoms with Crippen molar-refractivity contribution in [2.24, 2.45) is 14.1 Å². The number of H-pyrrole nitrogens is 1. The van der Waals surface area contributed by atoms with Crippen molar-refractivity contribution < 1.29 is 9.53 Å². The molecule has 26 heavy (non-hydrogen) atoms. The fourth-order valence-electron chi connectivity index (χ4n) is 3.36. The molecule has 1 N–H and O–H groups in total. The minimum absolute atomic E-state index is 0.300. The van der Waals surface area contributed by atoms with E-state index in [2.05, 4.69) is 9.97 Å². The van der Waals surface area contributed by atoms with Gasteiger partial charge in [0.1, 0.15) is 11.4 Å². The Kier molecular flexibility index (Phi) is 4.41. The molecule has 1 atom stereocenters. The van der Waals surface area contributed by atoms with Crippen LogP contribution in [0.5, 0.6) is 0 Å². The van der Waals surface area contributed by atoms with Gasteiger partial charge in [-0.3, -0.25) is 19.2 Å². The maximum Gasteiger partial charge on any atom is 0.410 e. The first-order valence-electron chi connectivity index (χ1n) is 8.75. The molecule has 0 saturated carbocycles. The monoisotopic (exact) mass is 363 g/mol. The molecule has 1 unspecified atom stereocenters. The molecule has 0 bridgehead atoms. The van der Waals surface area contributed by atoms with Crippen molar-refractivity contribution in [2.75, 3.05) is 6.54 Å². The maximum atomic E-state index is 12.7. The molecule has 9 heteroatoms. The number of aromatic amines is 1. The highest BCUT2D eigenvalue weighted by Crippen LogP contribution is 2.32. The molecule has 1 aliphatic rings. The molecule has 2 aromatic rings. The highest BCUT2D eigenvalue weighted by atomic mass is 16.6. The van der Waals surface area contributed by atoms with Crippen LogP contribution in [-0.2, 0) is 18.8 Å². The molecule has 2 aromatic heterocycles. The summed E-state index contributed by atoms with van der Waals surface area (Å²) in [6.45, 7) is 6.05. The molecule has 9 nitrogen and oxygen atoms in total. The van der Waals surface area contributed by atoms with E-state index in [1.807, 2.05) is 20.8 Å². The number of carbonyl (C=O) groups is 1. The van der Waals surface area contributed by atoms with Crippen molar-refractivity contribution in [2.45, 2.75) is 51.7 Å². The van der Waals surface area contributed by atoms with Gasteiger partial charge in [-0.15, -0.1) is 0 Å². The zero-order valence-corrected chi connectivity index (χ0v) is 15.8. The number of amides is 1.